The van der Waals surface area contributed by atoms with Gasteiger partial charge in [0.1, 0.15) is 0 Å². The maximum absolute atomic E-state index is 6.48. The van der Waals surface area contributed by atoms with E-state index in [1.54, 1.807) is 16.7 Å². The van der Waals surface area contributed by atoms with Crippen molar-refractivity contribution in [2.75, 3.05) is 0 Å². The van der Waals surface area contributed by atoms with Gasteiger partial charge in [0.05, 0.1) is 0 Å². The highest BCUT2D eigenvalue weighted by molar-refractivity contribution is 6.69. The van der Waals surface area contributed by atoms with Gasteiger partial charge in [-0.3, -0.25) is 0 Å². The van der Waals surface area contributed by atoms with E-state index in [0.29, 0.717) is 11.5 Å². The van der Waals surface area contributed by atoms with E-state index in [4.69, 9.17) is 4.43 Å². The highest BCUT2D eigenvalue weighted by Crippen LogP contribution is 2.58. The van der Waals surface area contributed by atoms with Crippen molar-refractivity contribution >= 4 is 8.32 Å². The predicted octanol–water partition coefficient (Wildman–Crippen LogP) is 9.48. The van der Waals surface area contributed by atoms with Gasteiger partial charge in [-0.1, -0.05) is 70.8 Å². The summed E-state index contributed by atoms with van der Waals surface area (Å²) in [5.41, 5.74) is 5.28. The van der Waals surface area contributed by atoms with Gasteiger partial charge in [0, 0.05) is 6.10 Å². The third-order valence-electron chi connectivity index (χ3n) is 8.84. The van der Waals surface area contributed by atoms with Gasteiger partial charge in [0.25, 0.3) is 0 Å². The molecular weight excluding hydrogens is 404 g/mol. The van der Waals surface area contributed by atoms with Crippen LogP contribution < -0.4 is 0 Å². The Balaban J connectivity index is 1.66. The molecule has 3 aliphatic carbocycles. The maximum Gasteiger partial charge on any atom is 0.184 e. The molecule has 1 saturated carbocycles. The van der Waals surface area contributed by atoms with Crippen molar-refractivity contribution in [2.45, 2.75) is 125 Å². The van der Waals surface area contributed by atoms with Gasteiger partial charge in [-0.25, -0.2) is 0 Å². The summed E-state index contributed by atoms with van der Waals surface area (Å²) in [4.78, 5) is 0. The lowest BCUT2D eigenvalue weighted by Crippen LogP contribution is -2.35. The van der Waals surface area contributed by atoms with Crippen LogP contribution in [0.5, 0.6) is 0 Å². The Morgan fingerprint density at radius 2 is 1.84 bits per heavy atom. The van der Waals surface area contributed by atoms with E-state index in [0.717, 1.165) is 30.1 Å². The third-order valence-corrected chi connectivity index (χ3v) is 9.88. The molecule has 0 heterocycles. The molecule has 182 valence electrons. The Kier molecular flexibility index (Phi) is 8.75. The molecule has 32 heavy (non-hydrogen) atoms. The first-order valence-corrected chi connectivity index (χ1v) is 17.1. The van der Waals surface area contributed by atoms with Gasteiger partial charge >= 0.3 is 0 Å². The monoisotopic (exact) mass is 456 g/mol. The molecule has 0 saturated heterocycles. The quantitative estimate of drug-likeness (QED) is 0.314. The molecule has 3 rings (SSSR count). The van der Waals surface area contributed by atoms with Gasteiger partial charge < -0.3 is 4.43 Å². The van der Waals surface area contributed by atoms with Gasteiger partial charge in [-0.2, -0.15) is 0 Å². The van der Waals surface area contributed by atoms with Crippen molar-refractivity contribution in [3.8, 4) is 0 Å². The van der Waals surface area contributed by atoms with Gasteiger partial charge in [-0.15, -0.1) is 0 Å². The van der Waals surface area contributed by atoms with Crippen LogP contribution in [-0.4, -0.2) is 14.4 Å². The first kappa shape index (κ1) is 26.0. The standard InChI is InChI=1S/C30H52OSi/c1-22(2)11-9-12-24(4)28-18-19-29-25(13-10-20-30(28,29)5)15-16-26-21-27(17-14-23(26)3)31-32(6,7)8/h13,15-16,22,24,27-29H,9-12,14,17-21H2,1-8H3/b16-15-/t24-,27?,28-,29+,30-/m1/s1. The van der Waals surface area contributed by atoms with Crippen LogP contribution in [0.1, 0.15) is 98.8 Å². The van der Waals surface area contributed by atoms with Gasteiger partial charge in [-0.05, 0) is 112 Å². The highest BCUT2D eigenvalue weighted by atomic mass is 28.4. The second-order valence-electron chi connectivity index (χ2n) is 13.0. The maximum atomic E-state index is 6.48. The van der Waals surface area contributed by atoms with Crippen LogP contribution in [-0.2, 0) is 4.43 Å². The van der Waals surface area contributed by atoms with Crippen molar-refractivity contribution in [1.82, 2.24) is 0 Å². The molecule has 0 bridgehead atoms. The third kappa shape index (κ3) is 6.50. The molecule has 0 radical (unpaired) electrons. The predicted molar refractivity (Wildman–Crippen MR) is 143 cm³/mol. The smallest absolute Gasteiger partial charge is 0.184 e. The summed E-state index contributed by atoms with van der Waals surface area (Å²) in [6, 6.07) is 0. The summed E-state index contributed by atoms with van der Waals surface area (Å²) in [5.74, 6) is 3.39. The summed E-state index contributed by atoms with van der Waals surface area (Å²) < 4.78 is 6.48. The molecule has 0 spiro atoms. The normalized spacial score (nSPS) is 32.5. The molecule has 0 N–H and O–H groups in total. The van der Waals surface area contributed by atoms with E-state index in [-0.39, 0.29) is 0 Å². The lowest BCUT2D eigenvalue weighted by molar-refractivity contribution is 0.107. The van der Waals surface area contributed by atoms with E-state index in [9.17, 15) is 0 Å². The Hall–Kier alpha value is -0.603. The molecule has 0 aliphatic heterocycles. The molecular formula is C30H52OSi. The molecule has 5 atom stereocenters. The van der Waals surface area contributed by atoms with Gasteiger partial charge in [0.15, 0.2) is 8.32 Å². The Labute approximate surface area is 201 Å². The molecule has 1 nitrogen and oxygen atoms in total. The number of hydrogen-bond acceptors (Lipinski definition) is 1. The lowest BCUT2D eigenvalue weighted by Gasteiger charge is -2.43. The Morgan fingerprint density at radius 3 is 2.53 bits per heavy atom. The summed E-state index contributed by atoms with van der Waals surface area (Å²) in [5, 5.41) is 0. The minimum absolute atomic E-state index is 0.429. The van der Waals surface area contributed by atoms with Crippen molar-refractivity contribution in [2.24, 2.45) is 29.1 Å². The number of rotatable bonds is 9. The molecule has 1 unspecified atom stereocenters. The average Bonchev–Trinajstić information content (AvgIpc) is 3.04. The topological polar surface area (TPSA) is 9.23 Å². The fourth-order valence-corrected chi connectivity index (χ4v) is 8.30. The van der Waals surface area contributed by atoms with Crippen LogP contribution in [0.3, 0.4) is 0 Å². The Bertz CT molecular complexity index is 722. The number of hydrogen-bond donors (Lipinski definition) is 0. The molecule has 0 aromatic heterocycles. The fourth-order valence-electron chi connectivity index (χ4n) is 7.10. The fraction of sp³-hybridized carbons (Fsp3) is 0.800. The second kappa shape index (κ2) is 10.8. The van der Waals surface area contributed by atoms with E-state index in [1.807, 2.05) is 0 Å². The summed E-state index contributed by atoms with van der Waals surface area (Å²) in [6.45, 7) is 19.2. The van der Waals surface area contributed by atoms with E-state index in [1.165, 1.54) is 57.8 Å². The summed E-state index contributed by atoms with van der Waals surface area (Å²) in [6.07, 6.45) is 21.2. The van der Waals surface area contributed by atoms with Gasteiger partial charge in [0.2, 0.25) is 0 Å². The number of allylic oxidation sites excluding steroid dienone is 5. The number of fused-ring (bicyclic) bond motifs is 1. The van der Waals surface area contributed by atoms with E-state index >= 15 is 0 Å². The molecule has 0 amide bonds. The van der Waals surface area contributed by atoms with Crippen LogP contribution in [0.15, 0.2) is 34.9 Å². The summed E-state index contributed by atoms with van der Waals surface area (Å²) >= 11 is 0. The SMILES string of the molecule is CC1=C(/C=C\C2=CCC[C@]3(C)[C@@H]([C@H](C)CCCC(C)C)CC[C@@H]23)CC(O[Si](C)(C)C)CC1. The molecule has 0 aromatic carbocycles. The second-order valence-corrected chi connectivity index (χ2v) is 17.5. The highest BCUT2D eigenvalue weighted by Gasteiger charge is 2.49. The lowest BCUT2D eigenvalue weighted by atomic mass is 9.62. The van der Waals surface area contributed by atoms with Crippen LogP contribution in [0.25, 0.3) is 0 Å². The largest absolute Gasteiger partial charge is 0.414 e. The first-order chi connectivity index (χ1) is 15.0. The average molecular weight is 457 g/mol. The zero-order valence-corrected chi connectivity index (χ0v) is 23.6. The van der Waals surface area contributed by atoms with Crippen LogP contribution >= 0.6 is 0 Å². The van der Waals surface area contributed by atoms with E-state index < -0.39 is 8.32 Å². The molecule has 2 heteroatoms. The molecule has 1 fully saturated rings. The molecule has 3 aliphatic rings. The zero-order valence-electron chi connectivity index (χ0n) is 22.6. The minimum Gasteiger partial charge on any atom is -0.414 e. The zero-order chi connectivity index (χ0) is 23.5. The van der Waals surface area contributed by atoms with Crippen molar-refractivity contribution in [3.63, 3.8) is 0 Å². The Morgan fingerprint density at radius 1 is 1.09 bits per heavy atom. The minimum atomic E-state index is -1.47. The first-order valence-electron chi connectivity index (χ1n) is 13.7. The van der Waals surface area contributed by atoms with Crippen molar-refractivity contribution < 1.29 is 4.43 Å². The van der Waals surface area contributed by atoms with Crippen molar-refractivity contribution in [1.29, 1.82) is 0 Å². The van der Waals surface area contributed by atoms with Crippen LogP contribution in [0, 0.1) is 29.1 Å². The van der Waals surface area contributed by atoms with Crippen molar-refractivity contribution in [3.05, 3.63) is 34.9 Å². The van der Waals surface area contributed by atoms with Crippen LogP contribution in [0.2, 0.25) is 19.6 Å². The van der Waals surface area contributed by atoms with Crippen LogP contribution in [0.4, 0.5) is 0 Å². The molecule has 0 aromatic rings. The summed E-state index contributed by atoms with van der Waals surface area (Å²) in [7, 11) is -1.47. The van der Waals surface area contributed by atoms with E-state index in [2.05, 4.69) is 72.5 Å².